The minimum absolute atomic E-state index is 0.0442. The quantitative estimate of drug-likeness (QED) is 0.345. The van der Waals surface area contributed by atoms with Gasteiger partial charge >= 0.3 is 0 Å². The molecule has 1 unspecified atom stereocenters. The van der Waals surface area contributed by atoms with Gasteiger partial charge in [0.05, 0.1) is 6.26 Å². The molecule has 0 amide bonds. The number of hydrogen-bond acceptors (Lipinski definition) is 8. The highest BCUT2D eigenvalue weighted by atomic mass is 16.5. The molecule has 3 aromatic rings. The van der Waals surface area contributed by atoms with E-state index < -0.39 is 12.2 Å². The molecule has 1 saturated heterocycles. The molecule has 2 aliphatic rings. The molecule has 3 N–H and O–H groups in total. The molecule has 2 aliphatic heterocycles. The molecule has 2 aromatic carbocycles. The topological polar surface area (TPSA) is 112 Å². The van der Waals surface area contributed by atoms with Crippen LogP contribution in [0.3, 0.4) is 0 Å². The summed E-state index contributed by atoms with van der Waals surface area (Å²) in [6, 6.07) is 14.0. The normalized spacial score (nSPS) is 19.2. The number of nitrogens with one attached hydrogen (secondary N) is 2. The van der Waals surface area contributed by atoms with Crippen LogP contribution in [0.25, 0.3) is 11.0 Å². The number of benzene rings is 2. The van der Waals surface area contributed by atoms with E-state index >= 15 is 0 Å². The number of aliphatic hydroxyl groups is 1. The zero-order valence-electron chi connectivity index (χ0n) is 19.8. The SMILES string of the molecule is CC(=N)OC(=N)C1Cc2c(OC[C@H](O)CN3CCC(c4ccc5occc5c4)CC3)cccc2O1. The van der Waals surface area contributed by atoms with E-state index in [0.717, 1.165) is 42.5 Å². The largest absolute Gasteiger partial charge is 0.490 e. The summed E-state index contributed by atoms with van der Waals surface area (Å²) >= 11 is 0. The van der Waals surface area contributed by atoms with Crippen LogP contribution in [-0.4, -0.2) is 60.3 Å². The molecule has 35 heavy (non-hydrogen) atoms. The van der Waals surface area contributed by atoms with E-state index in [1.807, 2.05) is 24.3 Å². The Morgan fingerprint density at radius 3 is 2.80 bits per heavy atom. The van der Waals surface area contributed by atoms with Crippen molar-refractivity contribution in [2.24, 2.45) is 0 Å². The smallest absolute Gasteiger partial charge is 0.230 e. The first-order chi connectivity index (χ1) is 17.0. The molecule has 3 heterocycles. The van der Waals surface area contributed by atoms with Crippen molar-refractivity contribution < 1.29 is 23.7 Å². The van der Waals surface area contributed by atoms with E-state index in [2.05, 4.69) is 23.1 Å². The van der Waals surface area contributed by atoms with Gasteiger partial charge in [-0.1, -0.05) is 12.1 Å². The zero-order chi connectivity index (χ0) is 24.4. The maximum absolute atomic E-state index is 10.6. The van der Waals surface area contributed by atoms with Crippen molar-refractivity contribution in [3.8, 4) is 11.5 Å². The molecular weight excluding hydrogens is 446 g/mol. The van der Waals surface area contributed by atoms with E-state index in [1.54, 1.807) is 6.26 Å². The Balaban J connectivity index is 1.10. The maximum Gasteiger partial charge on any atom is 0.230 e. The van der Waals surface area contributed by atoms with Crippen LogP contribution in [0, 0.1) is 10.8 Å². The van der Waals surface area contributed by atoms with Crippen LogP contribution < -0.4 is 9.47 Å². The molecule has 2 atom stereocenters. The first kappa shape index (κ1) is 23.4. The molecule has 0 aliphatic carbocycles. The van der Waals surface area contributed by atoms with Crippen molar-refractivity contribution in [2.75, 3.05) is 26.2 Å². The van der Waals surface area contributed by atoms with Crippen molar-refractivity contribution >= 4 is 22.8 Å². The number of ether oxygens (including phenoxy) is 3. The Hall–Kier alpha value is -3.36. The zero-order valence-corrected chi connectivity index (χ0v) is 19.8. The number of furan rings is 1. The lowest BCUT2D eigenvalue weighted by molar-refractivity contribution is 0.0592. The lowest BCUT2D eigenvalue weighted by atomic mass is 9.89. The minimum Gasteiger partial charge on any atom is -0.490 e. The summed E-state index contributed by atoms with van der Waals surface area (Å²) in [5.74, 6) is 1.69. The van der Waals surface area contributed by atoms with Crippen molar-refractivity contribution in [1.29, 1.82) is 10.8 Å². The van der Waals surface area contributed by atoms with Gasteiger partial charge in [-0.2, -0.15) is 0 Å². The standard InChI is InChI=1S/C27H31N3O5/c1-17(28)34-27(29)26-14-22-24(3-2-4-25(22)35-26)33-16-21(31)15-30-10-7-18(8-11-30)19-5-6-23-20(13-19)9-12-32-23/h2-6,9,12-13,18,21,26,28-29,31H,7-8,10-11,14-16H2,1H3/t21-,26?/m1/s1. The molecule has 5 rings (SSSR count). The number of fused-ring (bicyclic) bond motifs is 2. The molecular formula is C27H31N3O5. The van der Waals surface area contributed by atoms with Gasteiger partial charge in [0, 0.05) is 30.8 Å². The van der Waals surface area contributed by atoms with E-state index in [0.29, 0.717) is 30.4 Å². The van der Waals surface area contributed by atoms with E-state index in [1.165, 1.54) is 12.5 Å². The molecule has 0 saturated carbocycles. The number of β-amino-alcohol motifs (C(OH)–C–C–N with tert-alkyl or cyclic N) is 1. The molecule has 8 heteroatoms. The van der Waals surface area contributed by atoms with Crippen molar-refractivity contribution in [3.63, 3.8) is 0 Å². The third-order valence-electron chi connectivity index (χ3n) is 6.74. The highest BCUT2D eigenvalue weighted by molar-refractivity contribution is 5.90. The summed E-state index contributed by atoms with van der Waals surface area (Å²) in [4.78, 5) is 2.30. The van der Waals surface area contributed by atoms with Crippen LogP contribution in [0.5, 0.6) is 11.5 Å². The Labute approximate surface area is 204 Å². The monoisotopic (exact) mass is 477 g/mol. The molecule has 184 valence electrons. The predicted molar refractivity (Wildman–Crippen MR) is 133 cm³/mol. The lowest BCUT2D eigenvalue weighted by Gasteiger charge is -2.33. The highest BCUT2D eigenvalue weighted by Crippen LogP contribution is 2.36. The summed E-state index contributed by atoms with van der Waals surface area (Å²) in [5.41, 5.74) is 3.14. The first-order valence-corrected chi connectivity index (χ1v) is 12.1. The van der Waals surface area contributed by atoms with Gasteiger partial charge in [-0.25, -0.2) is 0 Å². The third-order valence-corrected chi connectivity index (χ3v) is 6.74. The highest BCUT2D eigenvalue weighted by Gasteiger charge is 2.31. The van der Waals surface area contributed by atoms with Gasteiger partial charge in [0.15, 0.2) is 12.0 Å². The molecule has 0 spiro atoms. The van der Waals surface area contributed by atoms with Gasteiger partial charge in [0.2, 0.25) is 5.90 Å². The second kappa shape index (κ2) is 10.1. The first-order valence-electron chi connectivity index (χ1n) is 12.1. The minimum atomic E-state index is -0.606. The summed E-state index contributed by atoms with van der Waals surface area (Å²) < 4.78 is 22.3. The van der Waals surface area contributed by atoms with Gasteiger partial charge in [-0.3, -0.25) is 10.8 Å². The number of aliphatic hydroxyl groups excluding tert-OH is 1. The van der Waals surface area contributed by atoms with Gasteiger partial charge in [0.1, 0.15) is 29.8 Å². The third kappa shape index (κ3) is 5.33. The Morgan fingerprint density at radius 2 is 2.00 bits per heavy atom. The van der Waals surface area contributed by atoms with Crippen molar-refractivity contribution in [3.05, 3.63) is 59.9 Å². The average molecular weight is 478 g/mol. The Bertz CT molecular complexity index is 1210. The lowest BCUT2D eigenvalue weighted by Crippen LogP contribution is -2.40. The van der Waals surface area contributed by atoms with Crippen molar-refractivity contribution in [2.45, 2.75) is 44.3 Å². The van der Waals surface area contributed by atoms with E-state index in [-0.39, 0.29) is 18.4 Å². The number of nitrogens with zero attached hydrogens (tertiary/aromatic N) is 1. The second-order valence-electron chi connectivity index (χ2n) is 9.32. The molecule has 1 aromatic heterocycles. The maximum atomic E-state index is 10.6. The summed E-state index contributed by atoms with van der Waals surface area (Å²) in [6.07, 6.45) is 3.11. The molecule has 8 nitrogen and oxygen atoms in total. The van der Waals surface area contributed by atoms with Gasteiger partial charge in [-0.15, -0.1) is 0 Å². The summed E-state index contributed by atoms with van der Waals surface area (Å²) in [6.45, 7) is 4.12. The second-order valence-corrected chi connectivity index (χ2v) is 9.32. The van der Waals surface area contributed by atoms with Crippen LogP contribution in [0.15, 0.2) is 53.1 Å². The molecule has 1 fully saturated rings. The molecule has 0 bridgehead atoms. The van der Waals surface area contributed by atoms with Crippen molar-refractivity contribution in [1.82, 2.24) is 4.90 Å². The molecule has 0 radical (unpaired) electrons. The van der Waals surface area contributed by atoms with Crippen LogP contribution in [0.2, 0.25) is 0 Å². The fourth-order valence-electron chi connectivity index (χ4n) is 4.97. The van der Waals surface area contributed by atoms with Crippen LogP contribution in [-0.2, 0) is 11.2 Å². The fourth-order valence-corrected chi connectivity index (χ4v) is 4.97. The Kier molecular flexibility index (Phi) is 6.74. The fraction of sp³-hybridized carbons (Fsp3) is 0.407. The summed E-state index contributed by atoms with van der Waals surface area (Å²) in [7, 11) is 0. The number of likely N-dealkylation sites (tertiary alicyclic amines) is 1. The van der Waals surface area contributed by atoms with Crippen LogP contribution in [0.1, 0.15) is 36.8 Å². The van der Waals surface area contributed by atoms with E-state index in [4.69, 9.17) is 29.4 Å². The number of hydrogen-bond donors (Lipinski definition) is 3. The Morgan fingerprint density at radius 1 is 1.17 bits per heavy atom. The van der Waals surface area contributed by atoms with Crippen LogP contribution in [0.4, 0.5) is 0 Å². The van der Waals surface area contributed by atoms with Crippen LogP contribution >= 0.6 is 0 Å². The predicted octanol–water partition coefficient (Wildman–Crippen LogP) is 4.35. The van der Waals surface area contributed by atoms with E-state index in [9.17, 15) is 5.11 Å². The average Bonchev–Trinajstić information content (AvgIpc) is 3.49. The summed E-state index contributed by atoms with van der Waals surface area (Å²) in [5, 5.41) is 27.2. The van der Waals surface area contributed by atoms with Gasteiger partial charge in [0.25, 0.3) is 0 Å². The van der Waals surface area contributed by atoms with Gasteiger partial charge < -0.3 is 28.6 Å². The number of piperidine rings is 1. The van der Waals surface area contributed by atoms with Gasteiger partial charge in [-0.05, 0) is 67.7 Å². The number of rotatable bonds is 7.